The molecule has 19 heavy (non-hydrogen) atoms. The van der Waals surface area contributed by atoms with Crippen molar-refractivity contribution in [3.8, 4) is 5.75 Å². The number of methoxy groups -OCH3 is 1. The third kappa shape index (κ3) is 5.12. The average Bonchev–Trinajstić information content (AvgIpc) is 2.37. The standard InChI is InChI=1S/C15H20O4/c1-4-19-15(17)8-6-13(16)10-12-9-11(2)5-7-14(12)18-3/h5,7,9H,4,6,8,10H2,1-3H3. The van der Waals surface area contributed by atoms with Crippen LogP contribution in [0.15, 0.2) is 18.2 Å². The number of rotatable bonds is 7. The van der Waals surface area contributed by atoms with E-state index in [1.807, 2.05) is 25.1 Å². The molecule has 1 aromatic carbocycles. The lowest BCUT2D eigenvalue weighted by molar-refractivity contribution is -0.144. The maximum atomic E-state index is 11.8. The van der Waals surface area contributed by atoms with Gasteiger partial charge in [-0.3, -0.25) is 9.59 Å². The molecule has 0 amide bonds. The molecule has 0 unspecified atom stereocenters. The van der Waals surface area contributed by atoms with Gasteiger partial charge in [-0.2, -0.15) is 0 Å². The van der Waals surface area contributed by atoms with Crippen LogP contribution in [0.1, 0.15) is 30.9 Å². The molecule has 0 aromatic heterocycles. The Morgan fingerprint density at radius 1 is 1.21 bits per heavy atom. The number of carbonyl (C=O) groups excluding carboxylic acids is 2. The van der Waals surface area contributed by atoms with Gasteiger partial charge in [-0.05, 0) is 19.9 Å². The Morgan fingerprint density at radius 2 is 1.95 bits per heavy atom. The molecule has 104 valence electrons. The monoisotopic (exact) mass is 264 g/mol. The highest BCUT2D eigenvalue weighted by molar-refractivity contribution is 5.85. The van der Waals surface area contributed by atoms with Crippen LogP contribution in [0.4, 0.5) is 0 Å². The van der Waals surface area contributed by atoms with E-state index in [1.54, 1.807) is 14.0 Å². The molecular weight excluding hydrogens is 244 g/mol. The molecule has 1 aromatic rings. The van der Waals surface area contributed by atoms with Gasteiger partial charge in [-0.25, -0.2) is 0 Å². The summed E-state index contributed by atoms with van der Waals surface area (Å²) in [6.45, 7) is 4.06. The highest BCUT2D eigenvalue weighted by Gasteiger charge is 2.11. The zero-order valence-corrected chi connectivity index (χ0v) is 11.7. The summed E-state index contributed by atoms with van der Waals surface area (Å²) in [5.41, 5.74) is 1.94. The maximum absolute atomic E-state index is 11.8. The molecule has 0 fully saturated rings. The van der Waals surface area contributed by atoms with Crippen molar-refractivity contribution in [1.82, 2.24) is 0 Å². The van der Waals surface area contributed by atoms with E-state index in [9.17, 15) is 9.59 Å². The van der Waals surface area contributed by atoms with Gasteiger partial charge in [0.05, 0.1) is 20.1 Å². The van der Waals surface area contributed by atoms with Crippen molar-refractivity contribution in [2.75, 3.05) is 13.7 Å². The number of esters is 1. The first-order valence-corrected chi connectivity index (χ1v) is 6.37. The molecule has 0 spiro atoms. The van der Waals surface area contributed by atoms with Gasteiger partial charge in [0.2, 0.25) is 0 Å². The van der Waals surface area contributed by atoms with E-state index in [1.165, 1.54) is 0 Å². The Labute approximate surface area is 113 Å². The number of aryl methyl sites for hydroxylation is 1. The summed E-state index contributed by atoms with van der Waals surface area (Å²) in [4.78, 5) is 23.0. The Balaban J connectivity index is 2.57. The van der Waals surface area contributed by atoms with E-state index in [0.717, 1.165) is 11.1 Å². The summed E-state index contributed by atoms with van der Waals surface area (Å²) in [6.07, 6.45) is 0.626. The predicted molar refractivity (Wildman–Crippen MR) is 72.3 cm³/mol. The molecule has 0 aliphatic rings. The highest BCUT2D eigenvalue weighted by atomic mass is 16.5. The Kier molecular flexibility index (Phi) is 6.06. The molecule has 0 aliphatic carbocycles. The predicted octanol–water partition coefficient (Wildman–Crippen LogP) is 2.46. The Hall–Kier alpha value is -1.84. The largest absolute Gasteiger partial charge is 0.496 e. The van der Waals surface area contributed by atoms with Crippen LogP contribution >= 0.6 is 0 Å². The minimum atomic E-state index is -0.327. The third-order valence-corrected chi connectivity index (χ3v) is 2.74. The first-order valence-electron chi connectivity index (χ1n) is 6.37. The number of benzene rings is 1. The second kappa shape index (κ2) is 7.56. The number of hydrogen-bond donors (Lipinski definition) is 0. The fraction of sp³-hybridized carbons (Fsp3) is 0.467. The zero-order valence-electron chi connectivity index (χ0n) is 11.7. The summed E-state index contributed by atoms with van der Waals surface area (Å²) in [6, 6.07) is 5.72. The summed E-state index contributed by atoms with van der Waals surface area (Å²) >= 11 is 0. The van der Waals surface area contributed by atoms with Gasteiger partial charge < -0.3 is 9.47 Å². The number of hydrogen-bond acceptors (Lipinski definition) is 4. The van der Waals surface area contributed by atoms with Crippen molar-refractivity contribution < 1.29 is 19.1 Å². The van der Waals surface area contributed by atoms with Crippen LogP contribution in [0.25, 0.3) is 0 Å². The molecule has 0 saturated heterocycles. The van der Waals surface area contributed by atoms with Gasteiger partial charge in [0, 0.05) is 18.4 Å². The quantitative estimate of drug-likeness (QED) is 0.710. The summed E-state index contributed by atoms with van der Waals surface area (Å²) in [5.74, 6) is 0.388. The molecular formula is C15H20O4. The third-order valence-electron chi connectivity index (χ3n) is 2.74. The lowest BCUT2D eigenvalue weighted by Crippen LogP contribution is -2.10. The second-order valence-electron chi connectivity index (χ2n) is 4.34. The minimum absolute atomic E-state index is 0.0111. The molecule has 0 radical (unpaired) electrons. The van der Waals surface area contributed by atoms with Crippen molar-refractivity contribution in [2.24, 2.45) is 0 Å². The van der Waals surface area contributed by atoms with E-state index in [4.69, 9.17) is 9.47 Å². The number of ketones is 1. The van der Waals surface area contributed by atoms with Crippen LogP contribution < -0.4 is 4.74 Å². The van der Waals surface area contributed by atoms with E-state index < -0.39 is 0 Å². The molecule has 0 N–H and O–H groups in total. The highest BCUT2D eigenvalue weighted by Crippen LogP contribution is 2.20. The van der Waals surface area contributed by atoms with Crippen LogP contribution in [0.5, 0.6) is 5.75 Å². The van der Waals surface area contributed by atoms with E-state index in [2.05, 4.69) is 0 Å². The van der Waals surface area contributed by atoms with Crippen LogP contribution in [0.2, 0.25) is 0 Å². The SMILES string of the molecule is CCOC(=O)CCC(=O)Cc1cc(C)ccc1OC. The normalized spacial score (nSPS) is 10.1. The van der Waals surface area contributed by atoms with Crippen LogP contribution in [-0.4, -0.2) is 25.5 Å². The van der Waals surface area contributed by atoms with Gasteiger partial charge in [-0.15, -0.1) is 0 Å². The molecule has 0 atom stereocenters. The molecule has 1 rings (SSSR count). The molecule has 0 aliphatic heterocycles. The van der Waals surface area contributed by atoms with Gasteiger partial charge in [-0.1, -0.05) is 17.7 Å². The fourth-order valence-electron chi connectivity index (χ4n) is 1.82. The lowest BCUT2D eigenvalue weighted by Gasteiger charge is -2.08. The van der Waals surface area contributed by atoms with Gasteiger partial charge in [0.25, 0.3) is 0 Å². The molecule has 4 nitrogen and oxygen atoms in total. The Bertz CT molecular complexity index is 451. The minimum Gasteiger partial charge on any atom is -0.496 e. The lowest BCUT2D eigenvalue weighted by atomic mass is 10.0. The molecule has 4 heteroatoms. The van der Waals surface area contributed by atoms with E-state index in [0.29, 0.717) is 12.4 Å². The van der Waals surface area contributed by atoms with Gasteiger partial charge >= 0.3 is 5.97 Å². The van der Waals surface area contributed by atoms with E-state index >= 15 is 0 Å². The van der Waals surface area contributed by atoms with Crippen molar-refractivity contribution in [1.29, 1.82) is 0 Å². The Morgan fingerprint density at radius 3 is 2.58 bits per heavy atom. The zero-order chi connectivity index (χ0) is 14.3. The first-order chi connectivity index (χ1) is 9.06. The molecule has 0 heterocycles. The van der Waals surface area contributed by atoms with Gasteiger partial charge in [0.1, 0.15) is 11.5 Å². The number of ether oxygens (including phenoxy) is 2. The van der Waals surface area contributed by atoms with Crippen LogP contribution in [0.3, 0.4) is 0 Å². The second-order valence-corrected chi connectivity index (χ2v) is 4.34. The van der Waals surface area contributed by atoms with Crippen molar-refractivity contribution in [3.05, 3.63) is 29.3 Å². The van der Waals surface area contributed by atoms with Crippen molar-refractivity contribution >= 4 is 11.8 Å². The van der Waals surface area contributed by atoms with Crippen LogP contribution in [0, 0.1) is 6.92 Å². The molecule has 0 bridgehead atoms. The maximum Gasteiger partial charge on any atom is 0.306 e. The summed E-state index contributed by atoms with van der Waals surface area (Å²) < 4.78 is 10.0. The van der Waals surface area contributed by atoms with Crippen molar-refractivity contribution in [2.45, 2.75) is 33.1 Å². The topological polar surface area (TPSA) is 52.6 Å². The van der Waals surface area contributed by atoms with Gasteiger partial charge in [0.15, 0.2) is 0 Å². The summed E-state index contributed by atoms with van der Waals surface area (Å²) in [7, 11) is 1.58. The number of Topliss-reactive ketones (excluding diaryl/α,β-unsaturated/α-hetero) is 1. The first kappa shape index (κ1) is 15.2. The number of carbonyl (C=O) groups is 2. The molecule has 0 saturated carbocycles. The summed E-state index contributed by atoms with van der Waals surface area (Å²) in [5, 5.41) is 0. The average molecular weight is 264 g/mol. The van der Waals surface area contributed by atoms with Crippen molar-refractivity contribution in [3.63, 3.8) is 0 Å². The van der Waals surface area contributed by atoms with Crippen LogP contribution in [-0.2, 0) is 20.7 Å². The fourth-order valence-corrected chi connectivity index (χ4v) is 1.82. The van der Waals surface area contributed by atoms with E-state index in [-0.39, 0.29) is 31.0 Å². The smallest absolute Gasteiger partial charge is 0.306 e.